The minimum Gasteiger partial charge on any atom is -0.397 e. The maximum absolute atomic E-state index is 13.8. The Labute approximate surface area is 167 Å². The van der Waals surface area contributed by atoms with Gasteiger partial charge in [-0.3, -0.25) is 4.98 Å². The molecule has 4 rings (SSSR count). The highest BCUT2D eigenvalue weighted by molar-refractivity contribution is 5.98. The van der Waals surface area contributed by atoms with Gasteiger partial charge in [-0.15, -0.1) is 0 Å². The zero-order valence-electron chi connectivity index (χ0n) is 16.1. The van der Waals surface area contributed by atoms with Crippen LogP contribution >= 0.6 is 0 Å². The summed E-state index contributed by atoms with van der Waals surface area (Å²) >= 11 is 0. The van der Waals surface area contributed by atoms with Gasteiger partial charge in [-0.1, -0.05) is 0 Å². The van der Waals surface area contributed by atoms with Crippen molar-refractivity contribution in [2.24, 2.45) is 0 Å². The first kappa shape index (κ1) is 19.3. The molecule has 0 radical (unpaired) electrons. The van der Waals surface area contributed by atoms with Crippen LogP contribution in [0.5, 0.6) is 0 Å². The topological polar surface area (TPSA) is 87.9 Å². The Morgan fingerprint density at radius 1 is 1.21 bits per heavy atom. The first-order valence-electron chi connectivity index (χ1n) is 9.66. The van der Waals surface area contributed by atoms with Gasteiger partial charge in [0.25, 0.3) is 6.43 Å². The summed E-state index contributed by atoms with van der Waals surface area (Å²) in [5, 5.41) is 20.1. The van der Waals surface area contributed by atoms with Crippen molar-refractivity contribution in [2.75, 3.05) is 5.73 Å². The highest BCUT2D eigenvalue weighted by Crippen LogP contribution is 2.42. The zero-order valence-corrected chi connectivity index (χ0v) is 16.1. The molecule has 150 valence electrons. The molecule has 2 heterocycles. The van der Waals surface area contributed by atoms with Gasteiger partial charge in [-0.05, 0) is 50.3 Å². The number of nitrogens with zero attached hydrogens (tertiary/aromatic N) is 3. The molecule has 5 nitrogen and oxygen atoms in total. The van der Waals surface area contributed by atoms with Crippen molar-refractivity contribution in [3.8, 4) is 17.2 Å². The number of aliphatic hydroxyl groups excluding tert-OH is 1. The van der Waals surface area contributed by atoms with Gasteiger partial charge in [0.1, 0.15) is 0 Å². The second-order valence-corrected chi connectivity index (χ2v) is 7.70. The van der Waals surface area contributed by atoms with Crippen molar-refractivity contribution < 1.29 is 13.9 Å². The third-order valence-corrected chi connectivity index (χ3v) is 5.89. The number of fused-ring (bicyclic) bond motifs is 1. The molecule has 1 aliphatic rings. The average Bonchev–Trinajstić information content (AvgIpc) is 3.05. The summed E-state index contributed by atoms with van der Waals surface area (Å²) < 4.78 is 29.7. The smallest absolute Gasteiger partial charge is 0.266 e. The molecule has 3 aromatic rings. The van der Waals surface area contributed by atoms with E-state index in [0.29, 0.717) is 24.0 Å². The van der Waals surface area contributed by atoms with Gasteiger partial charge in [0, 0.05) is 40.5 Å². The fourth-order valence-corrected chi connectivity index (χ4v) is 4.32. The minimum absolute atomic E-state index is 0.0493. The van der Waals surface area contributed by atoms with Crippen LogP contribution in [-0.4, -0.2) is 20.8 Å². The van der Waals surface area contributed by atoms with Gasteiger partial charge in [0.15, 0.2) is 0 Å². The lowest BCUT2D eigenvalue weighted by atomic mass is 9.93. The van der Waals surface area contributed by atoms with Crippen molar-refractivity contribution in [1.82, 2.24) is 9.55 Å². The number of aromatic nitrogens is 2. The molecule has 0 unspecified atom stereocenters. The lowest BCUT2D eigenvalue weighted by molar-refractivity contribution is 0.111. The number of nitrogen functional groups attached to an aromatic ring is 1. The van der Waals surface area contributed by atoms with E-state index in [0.717, 1.165) is 29.3 Å². The number of aryl methyl sites for hydroxylation is 1. The normalized spacial score (nSPS) is 19.6. The van der Waals surface area contributed by atoms with E-state index in [1.807, 2.05) is 19.2 Å². The fraction of sp³-hybridized carbons (Fsp3) is 0.364. The SMILES string of the molecule is Cc1cc2c(cc1C#N)c(-c1cncc(N)c1C(F)F)cn2[C@H]1CC[C@@H](O)CC1. The van der Waals surface area contributed by atoms with Crippen molar-refractivity contribution in [3.63, 3.8) is 0 Å². The molecule has 7 heteroatoms. The Hall–Kier alpha value is -2.98. The van der Waals surface area contributed by atoms with Crippen LogP contribution in [0.2, 0.25) is 0 Å². The Morgan fingerprint density at radius 3 is 2.59 bits per heavy atom. The Morgan fingerprint density at radius 2 is 1.93 bits per heavy atom. The van der Waals surface area contributed by atoms with Crippen LogP contribution < -0.4 is 5.73 Å². The van der Waals surface area contributed by atoms with E-state index in [4.69, 9.17) is 5.73 Å². The standard InChI is InChI=1S/C22H22F2N4O/c1-12-6-20-16(7-13(12)8-25)18(11-28(20)14-2-4-15(29)5-3-14)17-9-27-10-19(26)21(17)22(23)24/h6-7,9-11,14-15,22,29H,2-5,26H2,1H3/t14-,15+. The number of hydrogen-bond acceptors (Lipinski definition) is 4. The Kier molecular flexibility index (Phi) is 4.97. The molecule has 0 atom stereocenters. The fourth-order valence-electron chi connectivity index (χ4n) is 4.32. The van der Waals surface area contributed by atoms with Gasteiger partial charge in [0.05, 0.1) is 35.2 Å². The van der Waals surface area contributed by atoms with Crippen molar-refractivity contribution in [2.45, 2.75) is 51.2 Å². The maximum atomic E-state index is 13.8. The number of alkyl halides is 2. The second-order valence-electron chi connectivity index (χ2n) is 7.70. The van der Waals surface area contributed by atoms with Gasteiger partial charge in [-0.2, -0.15) is 5.26 Å². The predicted octanol–water partition coefficient (Wildman–Crippen LogP) is 4.88. The number of pyridine rings is 1. The summed E-state index contributed by atoms with van der Waals surface area (Å²) in [6.45, 7) is 1.87. The second kappa shape index (κ2) is 7.45. The van der Waals surface area contributed by atoms with Crippen LogP contribution in [0.4, 0.5) is 14.5 Å². The Bertz CT molecular complexity index is 1110. The van der Waals surface area contributed by atoms with Crippen LogP contribution in [0.3, 0.4) is 0 Å². The summed E-state index contributed by atoms with van der Waals surface area (Å²) in [6.07, 6.45) is 4.51. The molecule has 1 aromatic carbocycles. The lowest BCUT2D eigenvalue weighted by Crippen LogP contribution is -2.20. The molecule has 1 fully saturated rings. The third-order valence-electron chi connectivity index (χ3n) is 5.89. The lowest BCUT2D eigenvalue weighted by Gasteiger charge is -2.27. The third kappa shape index (κ3) is 3.34. The molecule has 0 aliphatic heterocycles. The number of anilines is 1. The van der Waals surface area contributed by atoms with E-state index in [1.165, 1.54) is 12.4 Å². The zero-order chi connectivity index (χ0) is 20.7. The summed E-state index contributed by atoms with van der Waals surface area (Å²) in [4.78, 5) is 4.04. The summed E-state index contributed by atoms with van der Waals surface area (Å²) in [7, 11) is 0. The van der Waals surface area contributed by atoms with Crippen LogP contribution in [0.15, 0.2) is 30.7 Å². The van der Waals surface area contributed by atoms with E-state index in [1.54, 1.807) is 6.07 Å². The molecule has 2 aromatic heterocycles. The number of nitriles is 1. The summed E-state index contributed by atoms with van der Waals surface area (Å²) in [5.74, 6) is 0. The number of benzene rings is 1. The van der Waals surface area contributed by atoms with Crippen LogP contribution in [-0.2, 0) is 0 Å². The highest BCUT2D eigenvalue weighted by Gasteiger charge is 2.26. The van der Waals surface area contributed by atoms with Crippen LogP contribution in [0.25, 0.3) is 22.0 Å². The van der Waals surface area contributed by atoms with Gasteiger partial charge in [-0.25, -0.2) is 8.78 Å². The number of rotatable bonds is 3. The molecule has 0 amide bonds. The van der Waals surface area contributed by atoms with Gasteiger partial charge in [0.2, 0.25) is 0 Å². The quantitative estimate of drug-likeness (QED) is 0.660. The molecule has 29 heavy (non-hydrogen) atoms. The van der Waals surface area contributed by atoms with E-state index in [9.17, 15) is 19.1 Å². The monoisotopic (exact) mass is 396 g/mol. The summed E-state index contributed by atoms with van der Waals surface area (Å²) in [5.41, 5.74) is 8.64. The number of aliphatic hydroxyl groups is 1. The Balaban J connectivity index is 1.98. The molecule has 3 N–H and O–H groups in total. The van der Waals surface area contributed by atoms with E-state index in [-0.39, 0.29) is 29.0 Å². The largest absolute Gasteiger partial charge is 0.397 e. The maximum Gasteiger partial charge on any atom is 0.266 e. The van der Waals surface area contributed by atoms with E-state index < -0.39 is 6.43 Å². The molecular weight excluding hydrogens is 374 g/mol. The number of hydrogen-bond donors (Lipinski definition) is 2. The molecule has 0 spiro atoms. The molecule has 0 saturated heterocycles. The van der Waals surface area contributed by atoms with Crippen molar-refractivity contribution in [1.29, 1.82) is 5.26 Å². The van der Waals surface area contributed by atoms with E-state index >= 15 is 0 Å². The minimum atomic E-state index is -2.74. The predicted molar refractivity (Wildman–Crippen MR) is 108 cm³/mol. The summed E-state index contributed by atoms with van der Waals surface area (Å²) in [6, 6.07) is 6.03. The first-order valence-corrected chi connectivity index (χ1v) is 9.66. The van der Waals surface area contributed by atoms with Crippen LogP contribution in [0.1, 0.15) is 54.8 Å². The van der Waals surface area contributed by atoms with Crippen LogP contribution in [0, 0.1) is 18.3 Å². The van der Waals surface area contributed by atoms with Crippen molar-refractivity contribution in [3.05, 3.63) is 47.4 Å². The molecule has 1 aliphatic carbocycles. The number of halogens is 2. The van der Waals surface area contributed by atoms with Crippen molar-refractivity contribution >= 4 is 16.6 Å². The molecule has 0 bridgehead atoms. The van der Waals surface area contributed by atoms with Gasteiger partial charge < -0.3 is 15.4 Å². The number of nitrogens with two attached hydrogens (primary N) is 1. The molecule has 1 saturated carbocycles. The average molecular weight is 396 g/mol. The first-order chi connectivity index (χ1) is 13.9. The van der Waals surface area contributed by atoms with Gasteiger partial charge >= 0.3 is 0 Å². The molecular formula is C22H22F2N4O. The van der Waals surface area contributed by atoms with E-state index in [2.05, 4.69) is 15.6 Å². The highest BCUT2D eigenvalue weighted by atomic mass is 19.3.